The van der Waals surface area contributed by atoms with Crippen molar-refractivity contribution < 1.29 is 9.18 Å². The van der Waals surface area contributed by atoms with Gasteiger partial charge in [-0.1, -0.05) is 24.4 Å². The number of hydrogen-bond acceptors (Lipinski definition) is 2. The monoisotopic (exact) mass is 284 g/mol. The van der Waals surface area contributed by atoms with Crippen LogP contribution in [0.3, 0.4) is 0 Å². The molecule has 1 fully saturated rings. The fraction of sp³-hybridized carbons (Fsp3) is 0.500. The van der Waals surface area contributed by atoms with Crippen LogP contribution in [-0.2, 0) is 4.79 Å². The van der Waals surface area contributed by atoms with Crippen LogP contribution in [0.5, 0.6) is 0 Å². The normalized spacial score (nSPS) is 16.9. The SMILES string of the molecule is O=C(CN1CCCCCC1)Nc1ccc(F)cc1Cl. The average Bonchev–Trinajstić information content (AvgIpc) is 2.61. The number of carbonyl (C=O) groups excluding carboxylic acids is 1. The molecule has 1 N–H and O–H groups in total. The number of carbonyl (C=O) groups is 1. The molecule has 0 aromatic heterocycles. The molecule has 2 rings (SSSR count). The summed E-state index contributed by atoms with van der Waals surface area (Å²) >= 11 is 5.87. The molecular formula is C14H18ClFN2O. The molecule has 5 heteroatoms. The number of hydrogen-bond donors (Lipinski definition) is 1. The summed E-state index contributed by atoms with van der Waals surface area (Å²) in [5, 5.41) is 2.95. The minimum atomic E-state index is -0.407. The van der Waals surface area contributed by atoms with Gasteiger partial charge in [0.2, 0.25) is 5.91 Å². The van der Waals surface area contributed by atoms with Gasteiger partial charge >= 0.3 is 0 Å². The third kappa shape index (κ3) is 4.48. The summed E-state index contributed by atoms with van der Waals surface area (Å²) in [6.45, 7) is 2.29. The molecule has 1 aliphatic heterocycles. The van der Waals surface area contributed by atoms with Gasteiger partial charge in [0.15, 0.2) is 0 Å². The standard InChI is InChI=1S/C14H18ClFN2O/c15-12-9-11(16)5-6-13(12)17-14(19)10-18-7-3-1-2-4-8-18/h5-6,9H,1-4,7-8,10H2,(H,17,19). The largest absolute Gasteiger partial charge is 0.324 e. The molecular weight excluding hydrogens is 267 g/mol. The second kappa shape index (κ2) is 6.87. The van der Waals surface area contributed by atoms with Gasteiger partial charge in [0.05, 0.1) is 17.3 Å². The zero-order valence-corrected chi connectivity index (χ0v) is 11.5. The first-order valence-corrected chi connectivity index (χ1v) is 7.00. The smallest absolute Gasteiger partial charge is 0.238 e. The quantitative estimate of drug-likeness (QED) is 0.924. The molecule has 0 radical (unpaired) electrons. The Morgan fingerprint density at radius 1 is 1.26 bits per heavy atom. The lowest BCUT2D eigenvalue weighted by Gasteiger charge is -2.19. The van der Waals surface area contributed by atoms with Crippen LogP contribution in [0.4, 0.5) is 10.1 Å². The van der Waals surface area contributed by atoms with Gasteiger partial charge in [-0.05, 0) is 44.1 Å². The van der Waals surface area contributed by atoms with Crippen molar-refractivity contribution in [3.8, 4) is 0 Å². The predicted octanol–water partition coefficient (Wildman–Crippen LogP) is 3.29. The van der Waals surface area contributed by atoms with Crippen LogP contribution in [0, 0.1) is 5.82 Å². The highest BCUT2D eigenvalue weighted by Gasteiger charge is 2.14. The number of anilines is 1. The van der Waals surface area contributed by atoms with Gasteiger partial charge in [-0.25, -0.2) is 4.39 Å². The fourth-order valence-electron chi connectivity index (χ4n) is 2.28. The van der Waals surface area contributed by atoms with Crippen LogP contribution in [0.1, 0.15) is 25.7 Å². The van der Waals surface area contributed by atoms with Gasteiger partial charge in [-0.2, -0.15) is 0 Å². The molecule has 1 aromatic rings. The second-order valence-corrected chi connectivity index (χ2v) is 5.27. The van der Waals surface area contributed by atoms with Crippen LogP contribution < -0.4 is 5.32 Å². The highest BCUT2D eigenvalue weighted by Crippen LogP contribution is 2.22. The van der Waals surface area contributed by atoms with Crippen molar-refractivity contribution in [1.29, 1.82) is 0 Å². The van der Waals surface area contributed by atoms with Gasteiger partial charge < -0.3 is 5.32 Å². The Balaban J connectivity index is 1.89. The lowest BCUT2D eigenvalue weighted by atomic mass is 10.2. The van der Waals surface area contributed by atoms with Crippen molar-refractivity contribution in [2.24, 2.45) is 0 Å². The minimum Gasteiger partial charge on any atom is -0.324 e. The molecule has 0 unspecified atom stereocenters. The summed E-state index contributed by atoms with van der Waals surface area (Å²) in [6, 6.07) is 3.97. The van der Waals surface area contributed by atoms with Gasteiger partial charge in [-0.15, -0.1) is 0 Å². The molecule has 0 bridgehead atoms. The molecule has 1 aromatic carbocycles. The Kier molecular flexibility index (Phi) is 5.16. The third-order valence-electron chi connectivity index (χ3n) is 3.27. The van der Waals surface area contributed by atoms with E-state index in [-0.39, 0.29) is 10.9 Å². The van der Waals surface area contributed by atoms with E-state index in [4.69, 9.17) is 11.6 Å². The van der Waals surface area contributed by atoms with E-state index in [1.807, 2.05) is 0 Å². The first-order chi connectivity index (χ1) is 9.15. The first-order valence-electron chi connectivity index (χ1n) is 6.62. The van der Waals surface area contributed by atoms with E-state index in [0.29, 0.717) is 12.2 Å². The molecule has 0 spiro atoms. The van der Waals surface area contributed by atoms with E-state index in [1.165, 1.54) is 31.0 Å². The van der Waals surface area contributed by atoms with Gasteiger partial charge in [0.25, 0.3) is 0 Å². The molecule has 104 valence electrons. The van der Waals surface area contributed by atoms with E-state index in [2.05, 4.69) is 10.2 Å². The van der Waals surface area contributed by atoms with Crippen LogP contribution in [0.2, 0.25) is 5.02 Å². The molecule has 3 nitrogen and oxygen atoms in total. The topological polar surface area (TPSA) is 32.3 Å². The average molecular weight is 285 g/mol. The number of nitrogens with one attached hydrogen (secondary N) is 1. The maximum absolute atomic E-state index is 12.9. The van der Waals surface area contributed by atoms with Crippen molar-refractivity contribution in [3.05, 3.63) is 29.0 Å². The summed E-state index contributed by atoms with van der Waals surface area (Å²) in [6.07, 6.45) is 4.76. The molecule has 19 heavy (non-hydrogen) atoms. The van der Waals surface area contributed by atoms with Crippen LogP contribution in [0.15, 0.2) is 18.2 Å². The van der Waals surface area contributed by atoms with Crippen LogP contribution in [-0.4, -0.2) is 30.4 Å². The lowest BCUT2D eigenvalue weighted by molar-refractivity contribution is -0.117. The van der Waals surface area contributed by atoms with Gasteiger partial charge in [-0.3, -0.25) is 9.69 Å². The Morgan fingerprint density at radius 2 is 1.95 bits per heavy atom. The molecule has 0 atom stereocenters. The number of likely N-dealkylation sites (tertiary alicyclic amines) is 1. The zero-order chi connectivity index (χ0) is 13.7. The maximum atomic E-state index is 12.9. The summed E-state index contributed by atoms with van der Waals surface area (Å²) in [7, 11) is 0. The Morgan fingerprint density at radius 3 is 2.58 bits per heavy atom. The van der Waals surface area contributed by atoms with E-state index in [9.17, 15) is 9.18 Å². The van der Waals surface area contributed by atoms with E-state index >= 15 is 0 Å². The van der Waals surface area contributed by atoms with Gasteiger partial charge in [0, 0.05) is 0 Å². The zero-order valence-electron chi connectivity index (χ0n) is 10.8. The summed E-state index contributed by atoms with van der Waals surface area (Å²) in [4.78, 5) is 14.1. The Hall–Kier alpha value is -1.13. The third-order valence-corrected chi connectivity index (χ3v) is 3.58. The first kappa shape index (κ1) is 14.3. The number of benzene rings is 1. The number of amides is 1. The Labute approximate surface area is 117 Å². The molecule has 1 amide bonds. The van der Waals surface area contributed by atoms with Crippen LogP contribution >= 0.6 is 11.6 Å². The fourth-order valence-corrected chi connectivity index (χ4v) is 2.49. The molecule has 1 saturated heterocycles. The lowest BCUT2D eigenvalue weighted by Crippen LogP contribution is -2.33. The highest BCUT2D eigenvalue weighted by atomic mass is 35.5. The number of halogens is 2. The molecule has 0 aliphatic carbocycles. The Bertz CT molecular complexity index is 445. The van der Waals surface area contributed by atoms with E-state index in [1.54, 1.807) is 0 Å². The predicted molar refractivity (Wildman–Crippen MR) is 74.9 cm³/mol. The molecule has 1 aliphatic rings. The minimum absolute atomic E-state index is 0.101. The summed E-state index contributed by atoms with van der Waals surface area (Å²) in [5.74, 6) is -0.508. The van der Waals surface area contributed by atoms with E-state index in [0.717, 1.165) is 25.9 Å². The maximum Gasteiger partial charge on any atom is 0.238 e. The van der Waals surface area contributed by atoms with Crippen molar-refractivity contribution in [2.75, 3.05) is 25.0 Å². The number of nitrogens with zero attached hydrogens (tertiary/aromatic N) is 1. The second-order valence-electron chi connectivity index (χ2n) is 4.86. The van der Waals surface area contributed by atoms with Crippen molar-refractivity contribution in [2.45, 2.75) is 25.7 Å². The van der Waals surface area contributed by atoms with E-state index < -0.39 is 5.82 Å². The van der Waals surface area contributed by atoms with Crippen molar-refractivity contribution in [3.63, 3.8) is 0 Å². The van der Waals surface area contributed by atoms with Gasteiger partial charge in [0.1, 0.15) is 5.82 Å². The van der Waals surface area contributed by atoms with Crippen LogP contribution in [0.25, 0.3) is 0 Å². The van der Waals surface area contributed by atoms with Crippen molar-refractivity contribution >= 4 is 23.2 Å². The van der Waals surface area contributed by atoms with Crippen molar-refractivity contribution in [1.82, 2.24) is 4.90 Å². The molecule has 1 heterocycles. The molecule has 0 saturated carbocycles. The summed E-state index contributed by atoms with van der Waals surface area (Å²) < 4.78 is 12.9. The summed E-state index contributed by atoms with van der Waals surface area (Å²) in [5.41, 5.74) is 0.461. The highest BCUT2D eigenvalue weighted by molar-refractivity contribution is 6.33. The number of rotatable bonds is 3.